The van der Waals surface area contributed by atoms with Crippen molar-refractivity contribution in [3.8, 4) is 11.2 Å². The molecule has 2 aromatic heterocycles. The van der Waals surface area contributed by atoms with Gasteiger partial charge in [0, 0.05) is 35.5 Å². The second-order valence-corrected chi connectivity index (χ2v) is 8.17. The standard InChI is InChI=1S/C13H9IO2S3/c1-16-12(15)13(3-4-13)11-7-10-9(19-11)6-8(18-10)2-5-17-14/h6-7H,3-4H2,1H3. The summed E-state index contributed by atoms with van der Waals surface area (Å²) in [5.74, 6) is 3.02. The van der Waals surface area contributed by atoms with Crippen molar-refractivity contribution < 1.29 is 9.53 Å². The van der Waals surface area contributed by atoms with Gasteiger partial charge in [0.2, 0.25) is 0 Å². The summed E-state index contributed by atoms with van der Waals surface area (Å²) in [7, 11) is 2.96. The molecule has 2 aromatic rings. The normalized spacial score (nSPS) is 15.9. The van der Waals surface area contributed by atoms with E-state index in [9.17, 15) is 4.79 Å². The van der Waals surface area contributed by atoms with Gasteiger partial charge in [-0.05, 0) is 45.1 Å². The summed E-state index contributed by atoms with van der Waals surface area (Å²) in [5, 5.41) is 2.99. The molecule has 2 nitrogen and oxygen atoms in total. The second kappa shape index (κ2) is 5.28. The van der Waals surface area contributed by atoms with E-state index in [1.807, 2.05) is 0 Å². The predicted molar refractivity (Wildman–Crippen MR) is 91.1 cm³/mol. The molecule has 0 radical (unpaired) electrons. The number of fused-ring (bicyclic) bond motifs is 1. The number of carbonyl (C=O) groups is 1. The molecular formula is C13H9IO2S3. The fraction of sp³-hybridized carbons (Fsp3) is 0.308. The molecule has 3 rings (SSSR count). The van der Waals surface area contributed by atoms with Crippen molar-refractivity contribution in [3.63, 3.8) is 0 Å². The van der Waals surface area contributed by atoms with E-state index in [2.05, 4.69) is 44.5 Å². The number of ether oxygens (including phenoxy) is 1. The van der Waals surface area contributed by atoms with Crippen molar-refractivity contribution in [2.75, 3.05) is 7.11 Å². The molecule has 1 aliphatic carbocycles. The van der Waals surface area contributed by atoms with Crippen molar-refractivity contribution in [3.05, 3.63) is 21.9 Å². The summed E-state index contributed by atoms with van der Waals surface area (Å²) in [6.07, 6.45) is 1.82. The summed E-state index contributed by atoms with van der Waals surface area (Å²) in [5.41, 5.74) is -0.345. The molecule has 0 unspecified atom stereocenters. The Morgan fingerprint density at radius 1 is 1.42 bits per heavy atom. The minimum absolute atomic E-state index is 0.0947. The van der Waals surface area contributed by atoms with Gasteiger partial charge in [0.1, 0.15) is 5.41 Å². The van der Waals surface area contributed by atoms with Gasteiger partial charge in [0.15, 0.2) is 0 Å². The van der Waals surface area contributed by atoms with E-state index in [1.165, 1.54) is 25.4 Å². The first-order chi connectivity index (χ1) is 9.19. The highest BCUT2D eigenvalue weighted by Crippen LogP contribution is 2.53. The third-order valence-electron chi connectivity index (χ3n) is 3.22. The average molecular weight is 420 g/mol. The van der Waals surface area contributed by atoms with Gasteiger partial charge >= 0.3 is 5.97 Å². The second-order valence-electron chi connectivity index (χ2n) is 4.33. The molecule has 0 bridgehead atoms. The smallest absolute Gasteiger partial charge is 0.317 e. The molecule has 0 aliphatic heterocycles. The Balaban J connectivity index is 1.96. The Bertz CT molecular complexity index is 669. The van der Waals surface area contributed by atoms with Crippen LogP contribution in [-0.4, -0.2) is 13.1 Å². The topological polar surface area (TPSA) is 26.3 Å². The molecule has 98 valence electrons. The van der Waals surface area contributed by atoms with Crippen LogP contribution in [0.3, 0.4) is 0 Å². The van der Waals surface area contributed by atoms with Crippen LogP contribution in [0.15, 0.2) is 12.1 Å². The zero-order chi connectivity index (χ0) is 13.5. The Hall–Kier alpha value is -0.230. The summed E-state index contributed by atoms with van der Waals surface area (Å²) in [6, 6.07) is 4.25. The molecule has 1 saturated carbocycles. The molecule has 0 amide bonds. The van der Waals surface area contributed by atoms with Crippen molar-refractivity contribution >= 4 is 68.2 Å². The van der Waals surface area contributed by atoms with Crippen molar-refractivity contribution in [2.24, 2.45) is 0 Å². The van der Waals surface area contributed by atoms with Gasteiger partial charge < -0.3 is 4.74 Å². The molecule has 0 spiro atoms. The molecule has 0 aromatic carbocycles. The summed E-state index contributed by atoms with van der Waals surface area (Å²) < 4.78 is 7.37. The maximum absolute atomic E-state index is 11.9. The molecule has 6 heteroatoms. The van der Waals surface area contributed by atoms with Crippen LogP contribution in [0.1, 0.15) is 22.6 Å². The highest BCUT2D eigenvalue weighted by Gasteiger charge is 2.53. The first-order valence-electron chi connectivity index (χ1n) is 5.60. The van der Waals surface area contributed by atoms with E-state index in [1.54, 1.807) is 22.7 Å². The lowest BCUT2D eigenvalue weighted by Gasteiger charge is -2.09. The van der Waals surface area contributed by atoms with Gasteiger partial charge in [-0.15, -0.1) is 22.7 Å². The average Bonchev–Trinajstić information content (AvgIpc) is 2.99. The van der Waals surface area contributed by atoms with Crippen LogP contribution in [-0.2, 0) is 14.9 Å². The summed E-state index contributed by atoms with van der Waals surface area (Å²) >= 11 is 5.55. The third-order valence-corrected chi connectivity index (χ3v) is 6.47. The van der Waals surface area contributed by atoms with Crippen LogP contribution >= 0.6 is 52.8 Å². The molecule has 0 N–H and O–H groups in total. The van der Waals surface area contributed by atoms with Gasteiger partial charge in [-0.25, -0.2) is 0 Å². The van der Waals surface area contributed by atoms with Crippen LogP contribution in [0.5, 0.6) is 0 Å². The zero-order valence-corrected chi connectivity index (χ0v) is 14.6. The number of esters is 1. The highest BCUT2D eigenvalue weighted by molar-refractivity contribution is 14.2. The van der Waals surface area contributed by atoms with E-state index in [4.69, 9.17) is 4.74 Å². The van der Waals surface area contributed by atoms with Crippen LogP contribution < -0.4 is 0 Å². The summed E-state index contributed by atoms with van der Waals surface area (Å²) in [4.78, 5) is 14.1. The Labute approximate surface area is 135 Å². The third kappa shape index (κ3) is 2.42. The number of hydrogen-bond acceptors (Lipinski definition) is 5. The maximum atomic E-state index is 11.9. The molecule has 0 atom stereocenters. The highest BCUT2D eigenvalue weighted by atomic mass is 127. The molecule has 2 heterocycles. The molecular weight excluding hydrogens is 411 g/mol. The van der Waals surface area contributed by atoms with Crippen molar-refractivity contribution in [1.29, 1.82) is 0 Å². The Kier molecular flexibility index (Phi) is 3.82. The SMILES string of the molecule is COC(=O)C1(c2cc3sc(C#CSI)cc3s2)CC1. The lowest BCUT2D eigenvalue weighted by molar-refractivity contribution is -0.143. The minimum atomic E-state index is -0.345. The largest absolute Gasteiger partial charge is 0.468 e. The van der Waals surface area contributed by atoms with E-state index in [-0.39, 0.29) is 11.4 Å². The van der Waals surface area contributed by atoms with Gasteiger partial charge in [-0.3, -0.25) is 4.79 Å². The molecule has 19 heavy (non-hydrogen) atoms. The lowest BCUT2D eigenvalue weighted by atomic mass is 10.1. The van der Waals surface area contributed by atoms with Gasteiger partial charge in [0.25, 0.3) is 0 Å². The Morgan fingerprint density at radius 3 is 2.74 bits per heavy atom. The molecule has 0 saturated heterocycles. The number of thiophene rings is 2. The maximum Gasteiger partial charge on any atom is 0.317 e. The lowest BCUT2D eigenvalue weighted by Crippen LogP contribution is -2.20. The minimum Gasteiger partial charge on any atom is -0.468 e. The van der Waals surface area contributed by atoms with Gasteiger partial charge in [0.05, 0.1) is 12.0 Å². The first-order valence-corrected chi connectivity index (χ1v) is 10.6. The quantitative estimate of drug-likeness (QED) is 0.405. The monoisotopic (exact) mass is 420 g/mol. The summed E-state index contributed by atoms with van der Waals surface area (Å²) in [6.45, 7) is 0. The number of carbonyl (C=O) groups excluding carboxylic acids is 1. The van der Waals surface area contributed by atoms with Gasteiger partial charge in [-0.1, -0.05) is 0 Å². The van der Waals surface area contributed by atoms with Crippen LogP contribution in [0, 0.1) is 11.2 Å². The van der Waals surface area contributed by atoms with Crippen LogP contribution in [0.25, 0.3) is 9.40 Å². The van der Waals surface area contributed by atoms with E-state index < -0.39 is 0 Å². The van der Waals surface area contributed by atoms with Crippen molar-refractivity contribution in [2.45, 2.75) is 18.3 Å². The number of rotatable bonds is 2. The molecule has 1 fully saturated rings. The van der Waals surface area contributed by atoms with E-state index in [0.29, 0.717) is 0 Å². The zero-order valence-electron chi connectivity index (χ0n) is 9.99. The first kappa shape index (κ1) is 13.7. The molecule has 1 aliphatic rings. The number of methoxy groups -OCH3 is 1. The number of halogens is 1. The number of hydrogen-bond donors (Lipinski definition) is 0. The fourth-order valence-corrected chi connectivity index (χ4v) is 5.10. The predicted octanol–water partition coefficient (Wildman–Crippen LogP) is 4.56. The van der Waals surface area contributed by atoms with Crippen molar-refractivity contribution in [1.82, 2.24) is 0 Å². The fourth-order valence-electron chi connectivity index (χ4n) is 2.07. The Morgan fingerprint density at radius 2 is 2.16 bits per heavy atom. The van der Waals surface area contributed by atoms with E-state index >= 15 is 0 Å². The van der Waals surface area contributed by atoms with Crippen LogP contribution in [0.2, 0.25) is 0 Å². The van der Waals surface area contributed by atoms with Crippen LogP contribution in [0.4, 0.5) is 0 Å². The van der Waals surface area contributed by atoms with Gasteiger partial charge in [-0.2, -0.15) is 0 Å². The van der Waals surface area contributed by atoms with E-state index in [0.717, 1.165) is 22.6 Å².